The van der Waals surface area contributed by atoms with Crippen LogP contribution in [0.3, 0.4) is 0 Å². The Balaban J connectivity index is 1.89. The average molecular weight is 226 g/mol. The van der Waals surface area contributed by atoms with Gasteiger partial charge >= 0.3 is 6.09 Å². The zero-order chi connectivity index (χ0) is 11.9. The highest BCUT2D eigenvalue weighted by Gasteiger charge is 2.47. The molecule has 0 saturated heterocycles. The predicted octanol–water partition coefficient (Wildman–Crippen LogP) is 1.64. The Kier molecular flexibility index (Phi) is 2.86. The molecule has 4 heteroatoms. The number of nitrogens with two attached hydrogens (primary N) is 1. The molecule has 0 aliphatic heterocycles. The summed E-state index contributed by atoms with van der Waals surface area (Å²) in [5.41, 5.74) is 5.59. The number of ether oxygens (including phenoxy) is 1. The van der Waals surface area contributed by atoms with E-state index in [0.29, 0.717) is 11.8 Å². The molecule has 1 amide bonds. The van der Waals surface area contributed by atoms with Gasteiger partial charge in [-0.05, 0) is 51.9 Å². The Labute approximate surface area is 96.9 Å². The van der Waals surface area contributed by atoms with Crippen molar-refractivity contribution in [3.05, 3.63) is 0 Å². The van der Waals surface area contributed by atoms with Crippen molar-refractivity contribution < 1.29 is 9.53 Å². The molecule has 0 aromatic carbocycles. The third kappa shape index (κ3) is 2.32. The van der Waals surface area contributed by atoms with Crippen LogP contribution in [0.25, 0.3) is 0 Å². The largest absolute Gasteiger partial charge is 0.444 e. The van der Waals surface area contributed by atoms with Crippen LogP contribution in [-0.4, -0.2) is 23.8 Å². The minimum absolute atomic E-state index is 0.241. The summed E-state index contributed by atoms with van der Waals surface area (Å²) in [7, 11) is 0. The SMILES string of the molecule is CC(C)(C)OC(=O)N[C@H]1[C@H]2CC[C@H]1[C@@H](N)C2. The van der Waals surface area contributed by atoms with Crippen molar-refractivity contribution in [1.82, 2.24) is 5.32 Å². The molecule has 0 aromatic heterocycles. The van der Waals surface area contributed by atoms with E-state index >= 15 is 0 Å². The zero-order valence-electron chi connectivity index (χ0n) is 10.3. The van der Waals surface area contributed by atoms with Gasteiger partial charge in [-0.1, -0.05) is 0 Å². The van der Waals surface area contributed by atoms with Gasteiger partial charge < -0.3 is 15.8 Å². The van der Waals surface area contributed by atoms with E-state index in [9.17, 15) is 4.79 Å². The van der Waals surface area contributed by atoms with Crippen LogP contribution in [-0.2, 0) is 4.74 Å². The quantitative estimate of drug-likeness (QED) is 0.714. The predicted molar refractivity (Wildman–Crippen MR) is 62.0 cm³/mol. The molecule has 0 unspecified atom stereocenters. The summed E-state index contributed by atoms with van der Waals surface area (Å²) in [4.78, 5) is 11.7. The van der Waals surface area contributed by atoms with E-state index in [-0.39, 0.29) is 18.2 Å². The van der Waals surface area contributed by atoms with E-state index < -0.39 is 5.60 Å². The van der Waals surface area contributed by atoms with Crippen LogP contribution in [0.4, 0.5) is 4.79 Å². The molecular weight excluding hydrogens is 204 g/mol. The number of hydrogen-bond acceptors (Lipinski definition) is 3. The first-order valence-electron chi connectivity index (χ1n) is 6.12. The second-order valence-corrected chi connectivity index (χ2v) is 6.07. The average Bonchev–Trinajstić information content (AvgIpc) is 2.57. The van der Waals surface area contributed by atoms with Gasteiger partial charge in [0, 0.05) is 12.1 Å². The summed E-state index contributed by atoms with van der Waals surface area (Å²) in [6.45, 7) is 5.63. The lowest BCUT2D eigenvalue weighted by Crippen LogP contribution is -2.43. The van der Waals surface area contributed by atoms with E-state index in [1.807, 2.05) is 20.8 Å². The van der Waals surface area contributed by atoms with Crippen molar-refractivity contribution >= 4 is 6.09 Å². The highest BCUT2D eigenvalue weighted by Crippen LogP contribution is 2.43. The Morgan fingerprint density at radius 1 is 1.38 bits per heavy atom. The van der Waals surface area contributed by atoms with E-state index in [4.69, 9.17) is 10.5 Å². The van der Waals surface area contributed by atoms with Crippen LogP contribution in [0.1, 0.15) is 40.0 Å². The van der Waals surface area contributed by atoms with Crippen molar-refractivity contribution in [2.24, 2.45) is 17.6 Å². The monoisotopic (exact) mass is 226 g/mol. The van der Waals surface area contributed by atoms with Crippen molar-refractivity contribution in [1.29, 1.82) is 0 Å². The van der Waals surface area contributed by atoms with Crippen LogP contribution in [0.15, 0.2) is 0 Å². The van der Waals surface area contributed by atoms with Crippen molar-refractivity contribution in [3.63, 3.8) is 0 Å². The smallest absolute Gasteiger partial charge is 0.407 e. The molecule has 16 heavy (non-hydrogen) atoms. The van der Waals surface area contributed by atoms with Crippen LogP contribution >= 0.6 is 0 Å². The number of alkyl carbamates (subject to hydrolysis) is 1. The van der Waals surface area contributed by atoms with Gasteiger partial charge in [-0.15, -0.1) is 0 Å². The molecule has 0 heterocycles. The number of carbonyl (C=O) groups excluding carboxylic acids is 1. The fourth-order valence-electron chi connectivity index (χ4n) is 3.05. The van der Waals surface area contributed by atoms with Gasteiger partial charge in [0.2, 0.25) is 0 Å². The van der Waals surface area contributed by atoms with Gasteiger partial charge in [0.25, 0.3) is 0 Å². The third-order valence-corrected chi connectivity index (χ3v) is 3.65. The maximum atomic E-state index is 11.7. The van der Waals surface area contributed by atoms with Gasteiger partial charge in [-0.2, -0.15) is 0 Å². The Morgan fingerprint density at radius 2 is 2.06 bits per heavy atom. The maximum absolute atomic E-state index is 11.7. The molecule has 2 aliphatic carbocycles. The number of rotatable bonds is 1. The van der Waals surface area contributed by atoms with Crippen molar-refractivity contribution in [2.75, 3.05) is 0 Å². The third-order valence-electron chi connectivity index (χ3n) is 3.65. The summed E-state index contributed by atoms with van der Waals surface area (Å²) >= 11 is 0. The zero-order valence-corrected chi connectivity index (χ0v) is 10.3. The second-order valence-electron chi connectivity index (χ2n) is 6.07. The topological polar surface area (TPSA) is 64.3 Å². The molecule has 3 N–H and O–H groups in total. The molecule has 0 aromatic rings. The van der Waals surface area contributed by atoms with Crippen LogP contribution < -0.4 is 11.1 Å². The lowest BCUT2D eigenvalue weighted by molar-refractivity contribution is 0.0490. The molecule has 0 radical (unpaired) electrons. The van der Waals surface area contributed by atoms with Crippen molar-refractivity contribution in [3.8, 4) is 0 Å². The first kappa shape index (κ1) is 11.7. The van der Waals surface area contributed by atoms with E-state index in [1.165, 1.54) is 6.42 Å². The fourth-order valence-corrected chi connectivity index (χ4v) is 3.05. The summed E-state index contributed by atoms with van der Waals surface area (Å²) in [6, 6.07) is 0.503. The first-order valence-corrected chi connectivity index (χ1v) is 6.12. The number of hydrogen-bond donors (Lipinski definition) is 2. The highest BCUT2D eigenvalue weighted by molar-refractivity contribution is 5.68. The normalized spacial score (nSPS) is 37.5. The standard InChI is InChI=1S/C12H22N2O2/c1-12(2,3)16-11(15)14-10-7-4-5-8(10)9(13)6-7/h7-10H,4-6,13H2,1-3H3,(H,14,15)/t7-,8-,9-,10-/m0/s1. The lowest BCUT2D eigenvalue weighted by Gasteiger charge is -2.23. The van der Waals surface area contributed by atoms with Crippen LogP contribution in [0.5, 0.6) is 0 Å². The number of nitrogens with one attached hydrogen (secondary N) is 1. The Hall–Kier alpha value is -0.770. The van der Waals surface area contributed by atoms with Gasteiger partial charge in [-0.3, -0.25) is 0 Å². The molecule has 0 spiro atoms. The molecule has 2 aliphatic rings. The van der Waals surface area contributed by atoms with Gasteiger partial charge in [-0.25, -0.2) is 4.79 Å². The van der Waals surface area contributed by atoms with E-state index in [1.54, 1.807) is 0 Å². The number of amides is 1. The van der Waals surface area contributed by atoms with Gasteiger partial charge in [0.1, 0.15) is 5.60 Å². The molecule has 4 atom stereocenters. The van der Waals surface area contributed by atoms with E-state index in [2.05, 4.69) is 5.32 Å². The minimum Gasteiger partial charge on any atom is -0.444 e. The minimum atomic E-state index is -0.427. The Bertz CT molecular complexity index is 285. The van der Waals surface area contributed by atoms with Crippen molar-refractivity contribution in [2.45, 2.75) is 57.7 Å². The van der Waals surface area contributed by atoms with Gasteiger partial charge in [0.15, 0.2) is 0 Å². The van der Waals surface area contributed by atoms with Crippen LogP contribution in [0.2, 0.25) is 0 Å². The molecule has 2 fully saturated rings. The number of carbonyl (C=O) groups is 1. The molecular formula is C12H22N2O2. The fraction of sp³-hybridized carbons (Fsp3) is 0.917. The van der Waals surface area contributed by atoms with Gasteiger partial charge in [0.05, 0.1) is 0 Å². The summed E-state index contributed by atoms with van der Waals surface area (Å²) in [5.74, 6) is 1.02. The summed E-state index contributed by atoms with van der Waals surface area (Å²) < 4.78 is 5.27. The maximum Gasteiger partial charge on any atom is 0.407 e. The molecule has 2 rings (SSSR count). The van der Waals surface area contributed by atoms with Crippen LogP contribution in [0, 0.1) is 11.8 Å². The molecule has 4 nitrogen and oxygen atoms in total. The second kappa shape index (κ2) is 3.91. The molecule has 2 bridgehead atoms. The first-order chi connectivity index (χ1) is 7.37. The Morgan fingerprint density at radius 3 is 2.50 bits per heavy atom. The molecule has 92 valence electrons. The number of fused-ring (bicyclic) bond motifs is 2. The summed E-state index contributed by atoms with van der Waals surface area (Å²) in [6.07, 6.45) is 3.08. The van der Waals surface area contributed by atoms with E-state index in [0.717, 1.165) is 12.8 Å². The lowest BCUT2D eigenvalue weighted by atomic mass is 9.96. The molecule has 2 saturated carbocycles. The highest BCUT2D eigenvalue weighted by atomic mass is 16.6. The summed E-state index contributed by atoms with van der Waals surface area (Å²) in [5, 5.41) is 2.99.